The number of esters is 2. The maximum absolute atomic E-state index is 14.4. The number of nitrogens with zero attached hydrogens (tertiary/aromatic N) is 3. The minimum absolute atomic E-state index is 0.0760. The molecule has 62 heavy (non-hydrogen) atoms. The zero-order chi connectivity index (χ0) is 45.0. The first-order chi connectivity index (χ1) is 29.3. The van der Waals surface area contributed by atoms with Crippen LogP contribution in [-0.2, 0) is 69.3 Å². The van der Waals surface area contributed by atoms with Crippen molar-refractivity contribution in [1.82, 2.24) is 25.3 Å². The molecule has 2 aromatic carbocycles. The number of carbonyl (C=O) groups is 4. The van der Waals surface area contributed by atoms with E-state index in [0.717, 1.165) is 52.2 Å². The Bertz CT molecular complexity index is 2490. The number of benzene rings is 2. The van der Waals surface area contributed by atoms with Gasteiger partial charge in [-0.15, -0.1) is 0 Å². The van der Waals surface area contributed by atoms with Crippen LogP contribution in [0.2, 0.25) is 0 Å². The molecule has 3 N–H and O–H groups in total. The number of hydrogen-bond donors (Lipinski definition) is 3. The SMILES string of the molecule is CCn1c(-c2cccnc2COC)c2c3cc(ccc31)-c1cc(cc(NS(=O)(=O)/C=C/C(=O)OC)c1)C[C@H](NC(=O)OC(C)(C)C)C(=O)N1CCC[C@H](N1)C(=O)OCC(C)(C)C2. The number of nitrogens with one attached hydrogen (secondary N) is 3. The molecule has 2 atom stereocenters. The van der Waals surface area contributed by atoms with Gasteiger partial charge < -0.3 is 28.8 Å². The zero-order valence-electron chi connectivity index (χ0n) is 36.5. The lowest BCUT2D eigenvalue weighted by Crippen LogP contribution is -2.60. The Morgan fingerprint density at radius 1 is 1.08 bits per heavy atom. The highest BCUT2D eigenvalue weighted by Gasteiger charge is 2.36. The van der Waals surface area contributed by atoms with E-state index in [1.807, 2.05) is 50.2 Å². The highest BCUT2D eigenvalue weighted by atomic mass is 32.2. The maximum Gasteiger partial charge on any atom is 0.408 e. The Kier molecular flexibility index (Phi) is 13.8. The summed E-state index contributed by atoms with van der Waals surface area (Å²) in [6, 6.07) is 12.9. The zero-order valence-corrected chi connectivity index (χ0v) is 37.3. The number of cyclic esters (lactones) is 1. The number of carbonyl (C=O) groups excluding carboxylic acids is 4. The molecule has 0 unspecified atom stereocenters. The molecule has 0 spiro atoms. The lowest BCUT2D eigenvalue weighted by molar-refractivity contribution is -0.155. The van der Waals surface area contributed by atoms with Gasteiger partial charge in [0.15, 0.2) is 0 Å². The first-order valence-electron chi connectivity index (χ1n) is 20.6. The summed E-state index contributed by atoms with van der Waals surface area (Å²) in [6.45, 7) is 12.5. The van der Waals surface area contributed by atoms with Crippen LogP contribution >= 0.6 is 0 Å². The molecule has 0 radical (unpaired) electrons. The van der Waals surface area contributed by atoms with Gasteiger partial charge in [0.2, 0.25) is 0 Å². The predicted octanol–water partition coefficient (Wildman–Crippen LogP) is 6.02. The number of rotatable bonds is 9. The van der Waals surface area contributed by atoms with Gasteiger partial charge in [-0.2, -0.15) is 0 Å². The number of pyridine rings is 1. The van der Waals surface area contributed by atoms with Gasteiger partial charge in [0.1, 0.15) is 17.7 Å². The smallest absolute Gasteiger partial charge is 0.408 e. The van der Waals surface area contributed by atoms with E-state index in [9.17, 15) is 27.6 Å². The van der Waals surface area contributed by atoms with Crippen molar-refractivity contribution in [3.8, 4) is 22.4 Å². The molecule has 1 fully saturated rings. The van der Waals surface area contributed by atoms with Crippen molar-refractivity contribution in [3.63, 3.8) is 0 Å². The second kappa shape index (κ2) is 18.7. The third-order valence-corrected chi connectivity index (χ3v) is 11.5. The van der Waals surface area contributed by atoms with Gasteiger partial charge in [0.25, 0.3) is 15.9 Å². The second-order valence-corrected chi connectivity index (χ2v) is 18.9. The Hall–Kier alpha value is -5.78. The molecule has 0 saturated carbocycles. The van der Waals surface area contributed by atoms with Crippen molar-refractivity contribution < 1.29 is 46.5 Å². The lowest BCUT2D eigenvalue weighted by atomic mass is 9.84. The average Bonchev–Trinajstić information content (AvgIpc) is 3.51. The molecule has 2 aliphatic rings. The molecule has 0 aliphatic carbocycles. The Labute approximate surface area is 362 Å². The lowest BCUT2D eigenvalue weighted by Gasteiger charge is -2.35. The van der Waals surface area contributed by atoms with E-state index >= 15 is 0 Å². The van der Waals surface area contributed by atoms with Crippen molar-refractivity contribution in [1.29, 1.82) is 0 Å². The number of methoxy groups -OCH3 is 2. The fraction of sp³-hybridized carbons (Fsp3) is 0.444. The first-order valence-corrected chi connectivity index (χ1v) is 22.1. The number of hydrazine groups is 1. The second-order valence-electron chi connectivity index (χ2n) is 17.3. The molecule has 2 aromatic heterocycles. The Morgan fingerprint density at radius 3 is 2.56 bits per heavy atom. The Morgan fingerprint density at radius 2 is 1.85 bits per heavy atom. The molecule has 2 amide bonds. The summed E-state index contributed by atoms with van der Waals surface area (Å²) < 4.78 is 53.2. The highest BCUT2D eigenvalue weighted by molar-refractivity contribution is 7.95. The number of fused-ring (bicyclic) bond motifs is 6. The van der Waals surface area contributed by atoms with Gasteiger partial charge >= 0.3 is 18.0 Å². The van der Waals surface area contributed by atoms with E-state index in [0.29, 0.717) is 42.3 Å². The summed E-state index contributed by atoms with van der Waals surface area (Å²) in [6.07, 6.45) is 2.98. The summed E-state index contributed by atoms with van der Waals surface area (Å²) in [4.78, 5) is 58.0. The van der Waals surface area contributed by atoms with Crippen molar-refractivity contribution in [2.75, 3.05) is 32.1 Å². The topological polar surface area (TPSA) is 196 Å². The van der Waals surface area contributed by atoms with Crippen molar-refractivity contribution >= 4 is 50.6 Å². The van der Waals surface area contributed by atoms with E-state index in [1.165, 1.54) is 5.01 Å². The van der Waals surface area contributed by atoms with Gasteiger partial charge in [0.05, 0.1) is 37.1 Å². The number of anilines is 1. The molecular weight excluding hydrogens is 817 g/mol. The molecule has 6 bridgehead atoms. The minimum Gasteiger partial charge on any atom is -0.466 e. The Balaban J connectivity index is 1.59. The number of amides is 2. The van der Waals surface area contributed by atoms with E-state index in [1.54, 1.807) is 46.2 Å². The number of alkyl carbamates (subject to hydrolysis) is 1. The van der Waals surface area contributed by atoms with Crippen LogP contribution in [0, 0.1) is 5.41 Å². The summed E-state index contributed by atoms with van der Waals surface area (Å²) in [5.41, 5.74) is 8.08. The number of aromatic nitrogens is 2. The molecule has 17 heteroatoms. The number of hydrogen-bond acceptors (Lipinski definition) is 12. The van der Waals surface area contributed by atoms with Crippen LogP contribution in [-0.4, -0.2) is 92.0 Å². The van der Waals surface area contributed by atoms with Crippen molar-refractivity contribution in [2.45, 2.75) is 98.1 Å². The maximum atomic E-state index is 14.4. The number of aryl methyl sites for hydroxylation is 1. The number of ether oxygens (including phenoxy) is 4. The van der Waals surface area contributed by atoms with Crippen LogP contribution < -0.4 is 15.5 Å². The van der Waals surface area contributed by atoms with Crippen molar-refractivity contribution in [3.05, 3.63) is 83.0 Å². The van der Waals surface area contributed by atoms with E-state index in [-0.39, 0.29) is 31.9 Å². The minimum atomic E-state index is -4.24. The average molecular weight is 873 g/mol. The fourth-order valence-corrected chi connectivity index (χ4v) is 8.66. The normalized spacial score (nSPS) is 18.5. The van der Waals surface area contributed by atoms with Gasteiger partial charge in [-0.1, -0.05) is 26.0 Å². The summed E-state index contributed by atoms with van der Waals surface area (Å²) in [7, 11) is -1.48. The highest BCUT2D eigenvalue weighted by Crippen LogP contribution is 2.41. The molecular formula is C45H56N6O10S. The molecule has 1 saturated heterocycles. The number of sulfonamides is 1. The fourth-order valence-electron chi connectivity index (χ4n) is 7.86. The molecule has 2 aliphatic heterocycles. The molecule has 332 valence electrons. The summed E-state index contributed by atoms with van der Waals surface area (Å²) in [5.74, 6) is -1.90. The van der Waals surface area contributed by atoms with Crippen LogP contribution in [0.3, 0.4) is 0 Å². The van der Waals surface area contributed by atoms with Crippen LogP contribution in [0.25, 0.3) is 33.3 Å². The monoisotopic (exact) mass is 872 g/mol. The van der Waals surface area contributed by atoms with Gasteiger partial charge in [0, 0.05) is 66.5 Å². The molecule has 6 rings (SSSR count). The van der Waals surface area contributed by atoms with E-state index in [2.05, 4.69) is 36.7 Å². The predicted molar refractivity (Wildman–Crippen MR) is 234 cm³/mol. The van der Waals surface area contributed by atoms with Crippen molar-refractivity contribution in [2.24, 2.45) is 5.41 Å². The first kappa shape index (κ1) is 45.7. The van der Waals surface area contributed by atoms with Gasteiger partial charge in [-0.3, -0.25) is 24.3 Å². The third kappa shape index (κ3) is 11.0. The van der Waals surface area contributed by atoms with E-state index in [4.69, 9.17) is 14.2 Å². The summed E-state index contributed by atoms with van der Waals surface area (Å²) >= 11 is 0. The largest absolute Gasteiger partial charge is 0.466 e. The summed E-state index contributed by atoms with van der Waals surface area (Å²) in [5, 5.41) is 5.68. The van der Waals surface area contributed by atoms with Crippen LogP contribution in [0.15, 0.2) is 66.2 Å². The molecule has 16 nitrogen and oxygen atoms in total. The molecule has 4 aromatic rings. The molecule has 4 heterocycles. The van der Waals surface area contributed by atoms with Gasteiger partial charge in [-0.25, -0.2) is 23.4 Å². The standard InChI is InChI=1S/C45H56N6O10S/c1-9-50-38-15-14-29-24-33(38)34(40(50)32-12-10-17-46-37(32)26-58-7)25-45(5,6)27-60-42(54)35-13-11-18-51(48-35)41(53)36(47-43(55)61-44(2,3)4)22-28-20-30(29)23-31(21-28)49-62(56,57)19-16-39(52)59-8/h10,12,14-17,19-21,23-24,35-36,48-49H,9,11,13,18,22,25-27H2,1-8H3,(H,47,55)/b19-16+/t35-,36-/m0/s1. The third-order valence-electron chi connectivity index (χ3n) is 10.5. The van der Waals surface area contributed by atoms with Crippen LogP contribution in [0.5, 0.6) is 0 Å². The van der Waals surface area contributed by atoms with Gasteiger partial charge in [-0.05, 0) is 106 Å². The quantitative estimate of drug-likeness (QED) is 0.101. The van der Waals surface area contributed by atoms with Crippen LogP contribution in [0.4, 0.5) is 10.5 Å². The van der Waals surface area contributed by atoms with Crippen LogP contribution in [0.1, 0.15) is 71.2 Å². The van der Waals surface area contributed by atoms with E-state index < -0.39 is 57.1 Å².